The quantitative estimate of drug-likeness (QED) is 0.682. The Kier molecular flexibility index (Phi) is 5.04. The number of alkyl halides is 3. The Morgan fingerprint density at radius 1 is 1.47 bits per heavy atom. The van der Waals surface area contributed by atoms with Gasteiger partial charge in [-0.3, -0.25) is 4.79 Å². The molecule has 0 fully saturated rings. The van der Waals surface area contributed by atoms with Gasteiger partial charge in [0.05, 0.1) is 11.0 Å². The van der Waals surface area contributed by atoms with E-state index in [2.05, 4.69) is 21.2 Å². The van der Waals surface area contributed by atoms with Gasteiger partial charge in [-0.2, -0.15) is 8.78 Å². The molecule has 82 valence electrons. The number of nitrogens with one attached hydrogen (secondary N) is 1. The van der Waals surface area contributed by atoms with E-state index in [4.69, 9.17) is 0 Å². The monoisotopic (exact) mass is 295 g/mol. The average molecular weight is 296 g/mol. The molecule has 0 saturated carbocycles. The highest BCUT2D eigenvalue weighted by Gasteiger charge is 2.10. The smallest absolute Gasteiger partial charge is 0.288 e. The summed E-state index contributed by atoms with van der Waals surface area (Å²) in [5.41, 5.74) is 0.409. The van der Waals surface area contributed by atoms with Gasteiger partial charge in [0, 0.05) is 4.90 Å². The molecule has 0 aliphatic carbocycles. The third-order valence-electron chi connectivity index (χ3n) is 1.50. The molecule has 15 heavy (non-hydrogen) atoms. The lowest BCUT2D eigenvalue weighted by atomic mass is 10.3. The van der Waals surface area contributed by atoms with Gasteiger partial charge in [0.2, 0.25) is 5.91 Å². The van der Waals surface area contributed by atoms with Crippen LogP contribution in [0.4, 0.5) is 14.5 Å². The average Bonchev–Trinajstić information content (AvgIpc) is 2.20. The van der Waals surface area contributed by atoms with Crippen LogP contribution in [0.2, 0.25) is 0 Å². The minimum absolute atomic E-state index is 0.140. The van der Waals surface area contributed by atoms with Gasteiger partial charge in [-0.15, -0.1) is 0 Å². The van der Waals surface area contributed by atoms with Crippen LogP contribution in [0.25, 0.3) is 0 Å². The largest absolute Gasteiger partial charge is 0.324 e. The first-order valence-electron chi connectivity index (χ1n) is 4.03. The standard InChI is InChI=1S/C9H8BrF2NOS/c10-5-8(14)13-6-3-1-2-4-7(6)15-9(11)12/h1-4,9H,5H2,(H,13,14). The Bertz CT molecular complexity index is 349. The van der Waals surface area contributed by atoms with Gasteiger partial charge < -0.3 is 5.32 Å². The van der Waals surface area contributed by atoms with Gasteiger partial charge in [-0.1, -0.05) is 39.8 Å². The van der Waals surface area contributed by atoms with Crippen molar-refractivity contribution < 1.29 is 13.6 Å². The van der Waals surface area contributed by atoms with Crippen molar-refractivity contribution in [1.29, 1.82) is 0 Å². The van der Waals surface area contributed by atoms with Crippen molar-refractivity contribution in [1.82, 2.24) is 0 Å². The van der Waals surface area contributed by atoms with Crippen molar-refractivity contribution >= 4 is 39.3 Å². The maximum Gasteiger partial charge on any atom is 0.288 e. The van der Waals surface area contributed by atoms with Crippen molar-refractivity contribution in [2.45, 2.75) is 10.7 Å². The van der Waals surface area contributed by atoms with Gasteiger partial charge in [-0.05, 0) is 12.1 Å². The number of thioether (sulfide) groups is 1. The lowest BCUT2D eigenvalue weighted by Gasteiger charge is -2.08. The SMILES string of the molecule is O=C(CBr)Nc1ccccc1SC(F)F. The molecule has 0 bridgehead atoms. The highest BCUT2D eigenvalue weighted by atomic mass is 79.9. The number of rotatable bonds is 4. The van der Waals surface area contributed by atoms with Crippen molar-refractivity contribution in [2.75, 3.05) is 10.6 Å². The second kappa shape index (κ2) is 6.07. The fraction of sp³-hybridized carbons (Fsp3) is 0.222. The predicted octanol–water partition coefficient (Wildman–Crippen LogP) is 3.33. The second-order valence-electron chi connectivity index (χ2n) is 2.56. The van der Waals surface area contributed by atoms with Gasteiger partial charge in [0.25, 0.3) is 5.76 Å². The number of benzene rings is 1. The summed E-state index contributed by atoms with van der Waals surface area (Å²) in [5, 5.41) is 2.67. The van der Waals surface area contributed by atoms with Gasteiger partial charge in [0.15, 0.2) is 0 Å². The van der Waals surface area contributed by atoms with E-state index in [1.165, 1.54) is 0 Å². The summed E-state index contributed by atoms with van der Waals surface area (Å²) in [7, 11) is 0. The number of halogens is 3. The molecule has 0 aliphatic rings. The molecule has 1 aromatic carbocycles. The molecule has 1 rings (SSSR count). The van der Waals surface area contributed by atoms with E-state index in [9.17, 15) is 13.6 Å². The third-order valence-corrected chi connectivity index (χ3v) is 2.80. The van der Waals surface area contributed by atoms with Crippen LogP contribution in [0, 0.1) is 0 Å². The topological polar surface area (TPSA) is 29.1 Å². The van der Waals surface area contributed by atoms with Crippen molar-refractivity contribution in [2.24, 2.45) is 0 Å². The molecule has 0 aliphatic heterocycles. The zero-order valence-electron chi connectivity index (χ0n) is 7.54. The van der Waals surface area contributed by atoms with Crippen LogP contribution in [0.3, 0.4) is 0 Å². The number of carbonyl (C=O) groups excluding carboxylic acids is 1. The van der Waals surface area contributed by atoms with Crippen molar-refractivity contribution in [3.63, 3.8) is 0 Å². The summed E-state index contributed by atoms with van der Waals surface area (Å²) >= 11 is 3.39. The molecule has 1 N–H and O–H groups in total. The Morgan fingerprint density at radius 3 is 2.73 bits per heavy atom. The highest BCUT2D eigenvalue weighted by molar-refractivity contribution is 9.09. The summed E-state index contributed by atoms with van der Waals surface area (Å²) in [5.74, 6) is -2.76. The van der Waals surface area contributed by atoms with E-state index in [-0.39, 0.29) is 11.2 Å². The molecule has 0 atom stereocenters. The summed E-state index contributed by atoms with van der Waals surface area (Å²) in [6.45, 7) is 0. The first kappa shape index (κ1) is 12.4. The molecule has 0 unspecified atom stereocenters. The summed E-state index contributed by atoms with van der Waals surface area (Å²) < 4.78 is 24.3. The lowest BCUT2D eigenvalue weighted by Crippen LogP contribution is -2.12. The first-order valence-corrected chi connectivity index (χ1v) is 6.03. The molecule has 2 nitrogen and oxygen atoms in total. The molecule has 0 saturated heterocycles. The zero-order valence-corrected chi connectivity index (χ0v) is 9.95. The minimum Gasteiger partial charge on any atom is -0.324 e. The van der Waals surface area contributed by atoms with E-state index in [1.807, 2.05) is 0 Å². The molecular weight excluding hydrogens is 288 g/mol. The van der Waals surface area contributed by atoms with Crippen LogP contribution in [-0.2, 0) is 4.79 Å². The molecule has 6 heteroatoms. The highest BCUT2D eigenvalue weighted by Crippen LogP contribution is 2.31. The van der Waals surface area contributed by atoms with E-state index >= 15 is 0 Å². The van der Waals surface area contributed by atoms with E-state index in [1.54, 1.807) is 24.3 Å². The summed E-state index contributed by atoms with van der Waals surface area (Å²) in [6.07, 6.45) is 0. The van der Waals surface area contributed by atoms with Crippen molar-refractivity contribution in [3.05, 3.63) is 24.3 Å². The van der Waals surface area contributed by atoms with Gasteiger partial charge >= 0.3 is 0 Å². The van der Waals surface area contributed by atoms with Crippen LogP contribution in [-0.4, -0.2) is 17.0 Å². The number of hydrogen-bond donors (Lipinski definition) is 1. The van der Waals surface area contributed by atoms with E-state index in [0.29, 0.717) is 22.3 Å². The fourth-order valence-corrected chi connectivity index (χ4v) is 1.69. The predicted molar refractivity (Wildman–Crippen MR) is 60.7 cm³/mol. The van der Waals surface area contributed by atoms with Crippen molar-refractivity contribution in [3.8, 4) is 0 Å². The maximum absolute atomic E-state index is 12.2. The molecule has 0 heterocycles. The lowest BCUT2D eigenvalue weighted by molar-refractivity contribution is -0.113. The number of anilines is 1. The summed E-state index contributed by atoms with van der Waals surface area (Å²) in [6, 6.07) is 6.46. The molecule has 1 amide bonds. The number of para-hydroxylation sites is 1. The van der Waals surface area contributed by atoms with Crippen LogP contribution in [0.15, 0.2) is 29.2 Å². The van der Waals surface area contributed by atoms with Crippen LogP contribution < -0.4 is 5.32 Å². The summed E-state index contributed by atoms with van der Waals surface area (Å²) in [4.78, 5) is 11.4. The zero-order chi connectivity index (χ0) is 11.3. The number of hydrogen-bond acceptors (Lipinski definition) is 2. The Hall–Kier alpha value is -0.620. The molecule has 0 radical (unpaired) electrons. The van der Waals surface area contributed by atoms with Crippen LogP contribution >= 0.6 is 27.7 Å². The number of amides is 1. The molecule has 0 spiro atoms. The molecular formula is C9H8BrF2NOS. The van der Waals surface area contributed by atoms with Gasteiger partial charge in [-0.25, -0.2) is 0 Å². The van der Waals surface area contributed by atoms with Crippen LogP contribution in [0.5, 0.6) is 0 Å². The Morgan fingerprint density at radius 2 is 2.13 bits per heavy atom. The van der Waals surface area contributed by atoms with Crippen LogP contribution in [0.1, 0.15) is 0 Å². The minimum atomic E-state index is -2.49. The third kappa shape index (κ3) is 4.17. The number of carbonyl (C=O) groups is 1. The second-order valence-corrected chi connectivity index (χ2v) is 4.15. The maximum atomic E-state index is 12.2. The Balaban J connectivity index is 2.81. The normalized spacial score (nSPS) is 10.4. The fourth-order valence-electron chi connectivity index (χ4n) is 0.952. The van der Waals surface area contributed by atoms with E-state index in [0.717, 1.165) is 0 Å². The first-order chi connectivity index (χ1) is 7.13. The van der Waals surface area contributed by atoms with E-state index < -0.39 is 5.76 Å². The molecule has 0 aromatic heterocycles. The Labute approximate surface area is 98.6 Å². The molecule has 1 aromatic rings. The van der Waals surface area contributed by atoms with Gasteiger partial charge in [0.1, 0.15) is 0 Å².